The van der Waals surface area contributed by atoms with Crippen molar-refractivity contribution >= 4 is 22.6 Å². The number of hydrogen-bond acceptors (Lipinski definition) is 5. The highest BCUT2D eigenvalue weighted by molar-refractivity contribution is 6.16. The second-order valence-corrected chi connectivity index (χ2v) is 3.65. The number of rotatable bonds is 2. The molecule has 0 radical (unpaired) electrons. The Labute approximate surface area is 101 Å². The first-order valence-corrected chi connectivity index (χ1v) is 5.50. The molecule has 0 spiro atoms. The van der Waals surface area contributed by atoms with Gasteiger partial charge < -0.3 is 4.52 Å². The van der Waals surface area contributed by atoms with Crippen molar-refractivity contribution in [1.82, 2.24) is 20.1 Å². The van der Waals surface area contributed by atoms with Crippen LogP contribution in [-0.2, 0) is 5.88 Å². The highest BCUT2D eigenvalue weighted by Gasteiger charge is 2.12. The van der Waals surface area contributed by atoms with Crippen LogP contribution < -0.4 is 0 Å². The van der Waals surface area contributed by atoms with Crippen molar-refractivity contribution in [2.24, 2.45) is 0 Å². The highest BCUT2D eigenvalue weighted by Crippen LogP contribution is 2.24. The minimum Gasteiger partial charge on any atom is -0.334 e. The number of halogens is 1. The standard InChI is InChI=1S/C11H7ClN4O/c12-6-9-15-11(17-16-9)7-2-1-3-8-10(7)14-5-4-13-8/h1-5H,6H2. The number of benzene rings is 1. The molecule has 17 heavy (non-hydrogen) atoms. The van der Waals surface area contributed by atoms with Gasteiger partial charge in [0.2, 0.25) is 0 Å². The maximum atomic E-state index is 5.63. The van der Waals surface area contributed by atoms with Crippen molar-refractivity contribution in [3.05, 3.63) is 36.4 Å². The largest absolute Gasteiger partial charge is 0.334 e. The SMILES string of the molecule is ClCc1noc(-c2cccc3nccnc23)n1. The van der Waals surface area contributed by atoms with Crippen LogP contribution in [0.25, 0.3) is 22.5 Å². The molecule has 3 rings (SSSR count). The summed E-state index contributed by atoms with van der Waals surface area (Å²) in [6.45, 7) is 0. The van der Waals surface area contributed by atoms with Gasteiger partial charge in [0.05, 0.1) is 17.0 Å². The molecule has 3 aromatic rings. The molecule has 0 fully saturated rings. The summed E-state index contributed by atoms with van der Waals surface area (Å²) < 4.78 is 5.14. The van der Waals surface area contributed by atoms with Crippen LogP contribution in [0, 0.1) is 0 Å². The van der Waals surface area contributed by atoms with Crippen LogP contribution in [-0.4, -0.2) is 20.1 Å². The van der Waals surface area contributed by atoms with E-state index in [4.69, 9.17) is 16.1 Å². The fourth-order valence-electron chi connectivity index (χ4n) is 1.58. The van der Waals surface area contributed by atoms with Crippen LogP contribution >= 0.6 is 11.6 Å². The smallest absolute Gasteiger partial charge is 0.260 e. The van der Waals surface area contributed by atoms with Crippen LogP contribution in [0.5, 0.6) is 0 Å². The van der Waals surface area contributed by atoms with E-state index in [0.717, 1.165) is 16.6 Å². The van der Waals surface area contributed by atoms with E-state index >= 15 is 0 Å². The third-order valence-electron chi connectivity index (χ3n) is 2.32. The van der Waals surface area contributed by atoms with Gasteiger partial charge in [-0.2, -0.15) is 4.98 Å². The van der Waals surface area contributed by atoms with Crippen LogP contribution in [0.1, 0.15) is 5.82 Å². The Balaban J connectivity index is 2.23. The number of aromatic nitrogens is 4. The van der Waals surface area contributed by atoms with Crippen LogP contribution in [0.2, 0.25) is 0 Å². The number of fused-ring (bicyclic) bond motifs is 1. The summed E-state index contributed by atoms with van der Waals surface area (Å²) in [6.07, 6.45) is 3.27. The quantitative estimate of drug-likeness (QED) is 0.650. The number of para-hydroxylation sites is 1. The monoisotopic (exact) mass is 246 g/mol. The van der Waals surface area contributed by atoms with Crippen molar-refractivity contribution in [2.75, 3.05) is 0 Å². The normalized spacial score (nSPS) is 10.9. The lowest BCUT2D eigenvalue weighted by Crippen LogP contribution is -1.87. The lowest BCUT2D eigenvalue weighted by Gasteiger charge is -1.99. The van der Waals surface area contributed by atoms with E-state index in [2.05, 4.69) is 20.1 Å². The predicted octanol–water partition coefficient (Wildman–Crippen LogP) is 2.42. The van der Waals surface area contributed by atoms with Gasteiger partial charge >= 0.3 is 0 Å². The molecule has 0 saturated carbocycles. The van der Waals surface area contributed by atoms with Gasteiger partial charge in [0.1, 0.15) is 5.52 Å². The summed E-state index contributed by atoms with van der Waals surface area (Å²) in [7, 11) is 0. The van der Waals surface area contributed by atoms with Crippen molar-refractivity contribution in [1.29, 1.82) is 0 Å². The molecule has 2 heterocycles. The molecule has 0 bridgehead atoms. The Morgan fingerprint density at radius 1 is 1.18 bits per heavy atom. The molecule has 0 N–H and O–H groups in total. The molecule has 1 aromatic carbocycles. The van der Waals surface area contributed by atoms with E-state index in [-0.39, 0.29) is 5.88 Å². The van der Waals surface area contributed by atoms with Gasteiger partial charge in [-0.05, 0) is 12.1 Å². The first-order chi connectivity index (χ1) is 8.38. The average Bonchev–Trinajstić information content (AvgIpc) is 2.87. The van der Waals surface area contributed by atoms with E-state index in [0.29, 0.717) is 11.7 Å². The van der Waals surface area contributed by atoms with Crippen molar-refractivity contribution in [3.8, 4) is 11.5 Å². The summed E-state index contributed by atoms with van der Waals surface area (Å²) >= 11 is 5.63. The molecule has 2 aromatic heterocycles. The molecule has 0 aliphatic heterocycles. The van der Waals surface area contributed by atoms with Gasteiger partial charge in [-0.25, -0.2) is 0 Å². The lowest BCUT2D eigenvalue weighted by molar-refractivity contribution is 0.425. The fourth-order valence-corrected chi connectivity index (χ4v) is 1.69. The van der Waals surface area contributed by atoms with E-state index < -0.39 is 0 Å². The molecule has 84 valence electrons. The van der Waals surface area contributed by atoms with Gasteiger partial charge in [-0.15, -0.1) is 11.6 Å². The van der Waals surface area contributed by atoms with Crippen LogP contribution in [0.15, 0.2) is 35.1 Å². The molecule has 0 atom stereocenters. The van der Waals surface area contributed by atoms with Gasteiger partial charge in [0.25, 0.3) is 5.89 Å². The molecule has 0 aliphatic rings. The Morgan fingerprint density at radius 3 is 2.88 bits per heavy atom. The second kappa shape index (κ2) is 4.10. The molecular weight excluding hydrogens is 240 g/mol. The predicted molar refractivity (Wildman–Crippen MR) is 62.4 cm³/mol. The van der Waals surface area contributed by atoms with Crippen LogP contribution in [0.3, 0.4) is 0 Å². The summed E-state index contributed by atoms with van der Waals surface area (Å²) in [5.74, 6) is 1.09. The summed E-state index contributed by atoms with van der Waals surface area (Å²) in [5, 5.41) is 3.75. The third-order valence-corrected chi connectivity index (χ3v) is 2.56. The van der Waals surface area contributed by atoms with Crippen LogP contribution in [0.4, 0.5) is 0 Å². The number of nitrogens with zero attached hydrogens (tertiary/aromatic N) is 4. The lowest BCUT2D eigenvalue weighted by atomic mass is 10.2. The van der Waals surface area contributed by atoms with Gasteiger partial charge in [0.15, 0.2) is 5.82 Å². The van der Waals surface area contributed by atoms with Crippen molar-refractivity contribution in [2.45, 2.75) is 5.88 Å². The zero-order chi connectivity index (χ0) is 11.7. The number of hydrogen-bond donors (Lipinski definition) is 0. The Bertz CT molecular complexity index is 662. The molecule has 6 heteroatoms. The molecule has 0 aliphatic carbocycles. The third kappa shape index (κ3) is 1.74. The molecule has 0 amide bonds. The Morgan fingerprint density at radius 2 is 2.06 bits per heavy atom. The topological polar surface area (TPSA) is 64.7 Å². The molecule has 5 nitrogen and oxygen atoms in total. The first kappa shape index (κ1) is 10.2. The van der Waals surface area contributed by atoms with Crippen molar-refractivity contribution in [3.63, 3.8) is 0 Å². The van der Waals surface area contributed by atoms with Crippen molar-refractivity contribution < 1.29 is 4.52 Å². The van der Waals surface area contributed by atoms with Gasteiger partial charge in [-0.3, -0.25) is 9.97 Å². The average molecular weight is 247 g/mol. The highest BCUT2D eigenvalue weighted by atomic mass is 35.5. The molecular formula is C11H7ClN4O. The fraction of sp³-hybridized carbons (Fsp3) is 0.0909. The maximum Gasteiger partial charge on any atom is 0.260 e. The minimum absolute atomic E-state index is 0.222. The van der Waals surface area contributed by atoms with Gasteiger partial charge in [0, 0.05) is 12.4 Å². The summed E-state index contributed by atoms with van der Waals surface area (Å²) in [6, 6.07) is 5.62. The van der Waals surface area contributed by atoms with Gasteiger partial charge in [-0.1, -0.05) is 11.2 Å². The maximum absolute atomic E-state index is 5.63. The Hall–Kier alpha value is -2.01. The first-order valence-electron chi connectivity index (χ1n) is 4.97. The summed E-state index contributed by atoms with van der Waals surface area (Å²) in [4.78, 5) is 12.7. The van der Waals surface area contributed by atoms with E-state index in [1.54, 1.807) is 12.4 Å². The summed E-state index contributed by atoms with van der Waals surface area (Å²) in [5.41, 5.74) is 2.29. The Kier molecular flexibility index (Phi) is 2.45. The van der Waals surface area contributed by atoms with E-state index in [9.17, 15) is 0 Å². The van der Waals surface area contributed by atoms with E-state index in [1.807, 2.05) is 18.2 Å². The molecule has 0 saturated heterocycles. The number of alkyl halides is 1. The minimum atomic E-state index is 0.222. The molecule has 0 unspecified atom stereocenters. The second-order valence-electron chi connectivity index (χ2n) is 3.38. The van der Waals surface area contributed by atoms with E-state index in [1.165, 1.54) is 0 Å². The zero-order valence-corrected chi connectivity index (χ0v) is 9.42. The zero-order valence-electron chi connectivity index (χ0n) is 8.67.